The molecule has 3 rings (SSSR count). The molecule has 0 atom stereocenters. The Labute approximate surface area is 104 Å². The fourth-order valence-electron chi connectivity index (χ4n) is 2.61. The zero-order valence-electron chi connectivity index (χ0n) is 9.98. The lowest BCUT2D eigenvalue weighted by Crippen LogP contribution is -2.13. The SMILES string of the molecule is O=C1CCC(c2ccc3c(=O)[nH]cnc3c2)CC1. The lowest BCUT2D eigenvalue weighted by Gasteiger charge is -2.21. The van der Waals surface area contributed by atoms with Gasteiger partial charge in [0.2, 0.25) is 0 Å². The molecule has 0 saturated heterocycles. The maximum absolute atomic E-state index is 11.6. The molecule has 2 aromatic rings. The standard InChI is InChI=1S/C14H14N2O2/c17-11-4-1-9(2-5-11)10-3-6-12-13(7-10)15-8-16-14(12)18/h3,6-9H,1-2,4-5H2,(H,15,16,18). The number of rotatable bonds is 1. The van der Waals surface area contributed by atoms with Crippen LogP contribution in [0.15, 0.2) is 29.3 Å². The Kier molecular flexibility index (Phi) is 2.70. The van der Waals surface area contributed by atoms with E-state index in [1.54, 1.807) is 0 Å². The van der Waals surface area contributed by atoms with Crippen LogP contribution in [0.5, 0.6) is 0 Å². The number of hydrogen-bond acceptors (Lipinski definition) is 3. The topological polar surface area (TPSA) is 62.8 Å². The molecular weight excluding hydrogens is 228 g/mol. The highest BCUT2D eigenvalue weighted by Gasteiger charge is 2.20. The molecule has 0 radical (unpaired) electrons. The fourth-order valence-corrected chi connectivity index (χ4v) is 2.61. The third-order valence-electron chi connectivity index (χ3n) is 3.68. The predicted octanol–water partition coefficient (Wildman–Crippen LogP) is 2.15. The van der Waals surface area contributed by atoms with Gasteiger partial charge in [0.1, 0.15) is 5.78 Å². The van der Waals surface area contributed by atoms with Gasteiger partial charge in [0.25, 0.3) is 5.56 Å². The van der Waals surface area contributed by atoms with Crippen LogP contribution < -0.4 is 5.56 Å². The number of ketones is 1. The third kappa shape index (κ3) is 1.94. The number of Topliss-reactive ketones (excluding diaryl/α,β-unsaturated/α-hetero) is 1. The van der Waals surface area contributed by atoms with Crippen LogP contribution in [-0.4, -0.2) is 15.8 Å². The molecule has 0 aliphatic heterocycles. The van der Waals surface area contributed by atoms with E-state index in [1.807, 2.05) is 18.2 Å². The number of nitrogens with one attached hydrogen (secondary N) is 1. The maximum atomic E-state index is 11.6. The van der Waals surface area contributed by atoms with Crippen LogP contribution in [0.3, 0.4) is 0 Å². The lowest BCUT2D eigenvalue weighted by atomic mass is 9.83. The van der Waals surface area contributed by atoms with Crippen LogP contribution in [0.2, 0.25) is 0 Å². The minimum Gasteiger partial charge on any atom is -0.313 e. The van der Waals surface area contributed by atoms with Crippen molar-refractivity contribution >= 4 is 16.7 Å². The molecule has 1 aliphatic rings. The number of H-pyrrole nitrogens is 1. The largest absolute Gasteiger partial charge is 0.313 e. The Balaban J connectivity index is 1.98. The molecule has 92 valence electrons. The first-order chi connectivity index (χ1) is 8.74. The van der Waals surface area contributed by atoms with Gasteiger partial charge in [-0.1, -0.05) is 6.07 Å². The number of carbonyl (C=O) groups excluding carboxylic acids is 1. The minimum atomic E-state index is -0.106. The van der Waals surface area contributed by atoms with Gasteiger partial charge >= 0.3 is 0 Å². The molecule has 1 aliphatic carbocycles. The zero-order valence-corrected chi connectivity index (χ0v) is 9.98. The van der Waals surface area contributed by atoms with Crippen molar-refractivity contribution in [3.05, 3.63) is 40.4 Å². The minimum absolute atomic E-state index is 0.106. The quantitative estimate of drug-likeness (QED) is 0.833. The van der Waals surface area contributed by atoms with E-state index in [2.05, 4.69) is 9.97 Å². The number of benzene rings is 1. The van der Waals surface area contributed by atoms with Crippen molar-refractivity contribution in [3.63, 3.8) is 0 Å². The van der Waals surface area contributed by atoms with E-state index in [0.717, 1.165) is 18.4 Å². The summed E-state index contributed by atoms with van der Waals surface area (Å²) in [6, 6.07) is 5.79. The molecule has 4 heteroatoms. The molecule has 1 heterocycles. The van der Waals surface area contributed by atoms with E-state index in [0.29, 0.717) is 29.9 Å². The van der Waals surface area contributed by atoms with Crippen LogP contribution in [0, 0.1) is 0 Å². The van der Waals surface area contributed by atoms with E-state index in [-0.39, 0.29) is 5.56 Å². The Morgan fingerprint density at radius 2 is 1.94 bits per heavy atom. The van der Waals surface area contributed by atoms with Gasteiger partial charge in [-0.2, -0.15) is 0 Å². The van der Waals surface area contributed by atoms with Crippen LogP contribution in [-0.2, 0) is 4.79 Å². The van der Waals surface area contributed by atoms with E-state index in [4.69, 9.17) is 0 Å². The highest BCUT2D eigenvalue weighted by atomic mass is 16.1. The maximum Gasteiger partial charge on any atom is 0.258 e. The second kappa shape index (κ2) is 4.37. The summed E-state index contributed by atoms with van der Waals surface area (Å²) in [5, 5.41) is 0.619. The first-order valence-electron chi connectivity index (χ1n) is 6.23. The molecule has 1 N–H and O–H groups in total. The molecular formula is C14H14N2O2. The van der Waals surface area contributed by atoms with E-state index in [1.165, 1.54) is 11.9 Å². The first kappa shape index (κ1) is 11.1. The van der Waals surface area contributed by atoms with Crippen molar-refractivity contribution in [1.29, 1.82) is 0 Å². The second-order valence-electron chi connectivity index (χ2n) is 4.82. The van der Waals surface area contributed by atoms with Gasteiger partial charge in [0.05, 0.1) is 17.2 Å². The molecule has 0 bridgehead atoms. The number of fused-ring (bicyclic) bond motifs is 1. The number of nitrogens with zero attached hydrogens (tertiary/aromatic N) is 1. The molecule has 18 heavy (non-hydrogen) atoms. The van der Waals surface area contributed by atoms with Crippen LogP contribution in [0.1, 0.15) is 37.2 Å². The smallest absolute Gasteiger partial charge is 0.258 e. The van der Waals surface area contributed by atoms with Crippen molar-refractivity contribution < 1.29 is 4.79 Å². The lowest BCUT2D eigenvalue weighted by molar-refractivity contribution is -0.120. The summed E-state index contributed by atoms with van der Waals surface area (Å²) in [6.07, 6.45) is 4.59. The highest BCUT2D eigenvalue weighted by Crippen LogP contribution is 2.31. The van der Waals surface area contributed by atoms with Gasteiger partial charge in [-0.15, -0.1) is 0 Å². The predicted molar refractivity (Wildman–Crippen MR) is 68.6 cm³/mol. The zero-order chi connectivity index (χ0) is 12.5. The Hall–Kier alpha value is -1.97. The average molecular weight is 242 g/mol. The van der Waals surface area contributed by atoms with Gasteiger partial charge in [-0.05, 0) is 36.5 Å². The van der Waals surface area contributed by atoms with Crippen LogP contribution in [0.25, 0.3) is 10.9 Å². The summed E-state index contributed by atoms with van der Waals surface area (Å²) >= 11 is 0. The molecule has 0 unspecified atom stereocenters. The van der Waals surface area contributed by atoms with Crippen LogP contribution >= 0.6 is 0 Å². The third-order valence-corrected chi connectivity index (χ3v) is 3.68. The first-order valence-corrected chi connectivity index (χ1v) is 6.23. The molecule has 4 nitrogen and oxygen atoms in total. The molecule has 1 saturated carbocycles. The number of carbonyl (C=O) groups is 1. The summed E-state index contributed by atoms with van der Waals surface area (Å²) in [7, 11) is 0. The summed E-state index contributed by atoms with van der Waals surface area (Å²) in [5.74, 6) is 0.787. The van der Waals surface area contributed by atoms with Crippen LogP contribution in [0.4, 0.5) is 0 Å². The fraction of sp³-hybridized carbons (Fsp3) is 0.357. The van der Waals surface area contributed by atoms with Crippen molar-refractivity contribution in [2.75, 3.05) is 0 Å². The van der Waals surface area contributed by atoms with Gasteiger partial charge in [0.15, 0.2) is 0 Å². The second-order valence-corrected chi connectivity index (χ2v) is 4.82. The number of aromatic nitrogens is 2. The van der Waals surface area contributed by atoms with Crippen molar-refractivity contribution in [2.45, 2.75) is 31.6 Å². The Morgan fingerprint density at radius 1 is 1.17 bits per heavy atom. The van der Waals surface area contributed by atoms with Gasteiger partial charge < -0.3 is 4.98 Å². The molecule has 0 amide bonds. The Morgan fingerprint density at radius 3 is 2.72 bits per heavy atom. The summed E-state index contributed by atoms with van der Waals surface area (Å²) in [4.78, 5) is 29.6. The van der Waals surface area contributed by atoms with Gasteiger partial charge in [-0.3, -0.25) is 9.59 Å². The van der Waals surface area contributed by atoms with E-state index >= 15 is 0 Å². The van der Waals surface area contributed by atoms with Crippen molar-refractivity contribution in [1.82, 2.24) is 9.97 Å². The Bertz CT molecular complexity index is 650. The van der Waals surface area contributed by atoms with E-state index in [9.17, 15) is 9.59 Å². The van der Waals surface area contributed by atoms with Crippen molar-refractivity contribution in [3.8, 4) is 0 Å². The van der Waals surface area contributed by atoms with E-state index < -0.39 is 0 Å². The molecule has 1 fully saturated rings. The summed E-state index contributed by atoms with van der Waals surface area (Å²) < 4.78 is 0. The molecule has 1 aromatic carbocycles. The van der Waals surface area contributed by atoms with Crippen molar-refractivity contribution in [2.24, 2.45) is 0 Å². The summed E-state index contributed by atoms with van der Waals surface area (Å²) in [6.45, 7) is 0. The van der Waals surface area contributed by atoms with Gasteiger partial charge in [0, 0.05) is 12.8 Å². The number of aromatic amines is 1. The molecule has 0 spiro atoms. The highest BCUT2D eigenvalue weighted by molar-refractivity contribution is 5.80. The summed E-state index contributed by atoms with van der Waals surface area (Å²) in [5.41, 5.74) is 1.81. The van der Waals surface area contributed by atoms with Gasteiger partial charge in [-0.25, -0.2) is 4.98 Å². The molecule has 1 aromatic heterocycles. The number of hydrogen-bond donors (Lipinski definition) is 1. The monoisotopic (exact) mass is 242 g/mol. The normalized spacial score (nSPS) is 17.2. The average Bonchev–Trinajstić information content (AvgIpc) is 2.39.